The van der Waals surface area contributed by atoms with Crippen LogP contribution in [0.1, 0.15) is 45.7 Å². The Hall–Kier alpha value is -5.86. The number of phenolic OH excluding ortho intramolecular Hbond substituents is 2. The molecule has 0 fully saturated rings. The van der Waals surface area contributed by atoms with Crippen molar-refractivity contribution in [2.24, 2.45) is 5.92 Å². The van der Waals surface area contributed by atoms with E-state index in [0.29, 0.717) is 37.3 Å². The smallest absolute Gasteiger partial charge is 0.411 e. The number of hydrogen-bond donors (Lipinski definition) is 9. The first-order valence-corrected chi connectivity index (χ1v) is 18.5. The van der Waals surface area contributed by atoms with Crippen LogP contribution >= 0.6 is 23.2 Å². The lowest BCUT2D eigenvalue weighted by atomic mass is 10.1. The van der Waals surface area contributed by atoms with E-state index in [9.17, 15) is 29.4 Å². The molecule has 0 bridgehead atoms. The van der Waals surface area contributed by atoms with Gasteiger partial charge < -0.3 is 46.9 Å². The Bertz CT molecular complexity index is 1930. The van der Waals surface area contributed by atoms with Crippen molar-refractivity contribution in [2.45, 2.75) is 53.0 Å². The average molecular weight is 811 g/mol. The molecular weight excluding hydrogens is 761 g/mol. The van der Waals surface area contributed by atoms with Gasteiger partial charge in [-0.2, -0.15) is 0 Å². The maximum atomic E-state index is 12.1. The number of carbonyl (C=O) groups is 4. The zero-order chi connectivity index (χ0) is 41.3. The van der Waals surface area contributed by atoms with E-state index in [2.05, 4.69) is 37.2 Å². The topological polar surface area (TPSA) is 202 Å². The van der Waals surface area contributed by atoms with Crippen molar-refractivity contribution in [3.8, 4) is 11.5 Å². The second kappa shape index (κ2) is 21.9. The number of phenols is 2. The lowest BCUT2D eigenvalue weighted by molar-refractivity contribution is 0.147. The van der Waals surface area contributed by atoms with Crippen LogP contribution in [0.4, 0.5) is 41.9 Å². The highest BCUT2D eigenvalue weighted by Gasteiger charge is 2.18. The summed E-state index contributed by atoms with van der Waals surface area (Å²) in [5.74, 6) is -0.408. The van der Waals surface area contributed by atoms with E-state index >= 15 is 0 Å². The van der Waals surface area contributed by atoms with Crippen LogP contribution in [-0.4, -0.2) is 59.6 Å². The molecule has 4 rings (SSSR count). The molecule has 4 aromatic carbocycles. The summed E-state index contributed by atoms with van der Waals surface area (Å²) in [6, 6.07) is 23.9. The molecule has 56 heavy (non-hydrogen) atoms. The quantitative estimate of drug-likeness (QED) is 0.0502. The van der Waals surface area contributed by atoms with Gasteiger partial charge in [0, 0.05) is 30.0 Å². The van der Waals surface area contributed by atoms with E-state index in [4.69, 9.17) is 27.9 Å². The molecule has 0 unspecified atom stereocenters. The summed E-state index contributed by atoms with van der Waals surface area (Å²) < 4.78 is 5.01. The number of carbonyl (C=O) groups excluding carboxylic acids is 4. The predicted molar refractivity (Wildman–Crippen MR) is 222 cm³/mol. The van der Waals surface area contributed by atoms with Crippen molar-refractivity contribution in [1.29, 1.82) is 0 Å². The maximum Gasteiger partial charge on any atom is 0.411 e. The lowest BCUT2D eigenvalue weighted by Crippen LogP contribution is -2.43. The molecule has 0 heterocycles. The normalized spacial score (nSPS) is 10.6. The monoisotopic (exact) mass is 809 g/mol. The van der Waals surface area contributed by atoms with Crippen LogP contribution < -0.4 is 37.2 Å². The molecule has 14 nitrogen and oxygen atoms in total. The SMILES string of the molecule is CC(C)(C)NC(=O)Nc1cc(NC(=O)NCCc2ccccc2)cc(Cl)c1O.CC(C)COC(=O)Nc1cc(NC(=O)NCCc2ccccc2)cc(Cl)c1O. The lowest BCUT2D eigenvalue weighted by Gasteiger charge is -2.21. The summed E-state index contributed by atoms with van der Waals surface area (Å²) >= 11 is 12.0. The van der Waals surface area contributed by atoms with Gasteiger partial charge in [-0.15, -0.1) is 0 Å². The number of urea groups is 3. The molecule has 0 spiro atoms. The summed E-state index contributed by atoms with van der Waals surface area (Å²) in [6.45, 7) is 10.5. The molecule has 16 heteroatoms. The van der Waals surface area contributed by atoms with E-state index in [1.165, 1.54) is 24.3 Å². The largest absolute Gasteiger partial charge is 0.504 e. The molecule has 0 atom stereocenters. The highest BCUT2D eigenvalue weighted by atomic mass is 35.5. The highest BCUT2D eigenvalue weighted by molar-refractivity contribution is 6.33. The minimum atomic E-state index is -0.718. The van der Waals surface area contributed by atoms with Crippen LogP contribution in [0.3, 0.4) is 0 Å². The molecular formula is C40H49Cl2N7O7. The third kappa shape index (κ3) is 16.7. The zero-order valence-corrected chi connectivity index (χ0v) is 33.4. The van der Waals surface area contributed by atoms with Gasteiger partial charge >= 0.3 is 24.2 Å². The Morgan fingerprint density at radius 2 is 1.07 bits per heavy atom. The number of aromatic hydroxyl groups is 2. The summed E-state index contributed by atoms with van der Waals surface area (Å²) in [4.78, 5) is 48.0. The third-order valence-electron chi connectivity index (χ3n) is 7.25. The highest BCUT2D eigenvalue weighted by Crippen LogP contribution is 2.36. The van der Waals surface area contributed by atoms with E-state index in [1.807, 2.05) is 95.3 Å². The number of rotatable bonds is 12. The molecule has 0 saturated heterocycles. The number of ether oxygens (including phenoxy) is 1. The maximum absolute atomic E-state index is 12.1. The summed E-state index contributed by atoms with van der Waals surface area (Å²) in [7, 11) is 0. The van der Waals surface area contributed by atoms with E-state index in [1.54, 1.807) is 0 Å². The van der Waals surface area contributed by atoms with Gasteiger partial charge in [0.05, 0.1) is 28.0 Å². The van der Waals surface area contributed by atoms with Crippen molar-refractivity contribution in [3.63, 3.8) is 0 Å². The van der Waals surface area contributed by atoms with Crippen LogP contribution in [0, 0.1) is 5.92 Å². The van der Waals surface area contributed by atoms with Crippen molar-refractivity contribution in [3.05, 3.63) is 106 Å². The Morgan fingerprint density at radius 3 is 1.48 bits per heavy atom. The Labute approximate surface area is 336 Å². The van der Waals surface area contributed by atoms with Crippen molar-refractivity contribution < 1.29 is 34.1 Å². The zero-order valence-electron chi connectivity index (χ0n) is 31.9. The molecule has 4 aromatic rings. The van der Waals surface area contributed by atoms with Gasteiger partial charge in [0.1, 0.15) is 0 Å². The van der Waals surface area contributed by atoms with Gasteiger partial charge in [0.15, 0.2) is 11.5 Å². The van der Waals surface area contributed by atoms with Gasteiger partial charge in [-0.25, -0.2) is 19.2 Å². The fraction of sp³-hybridized carbons (Fsp3) is 0.300. The molecule has 300 valence electrons. The van der Waals surface area contributed by atoms with Gasteiger partial charge in [-0.05, 0) is 74.9 Å². The number of amides is 7. The second-order valence-electron chi connectivity index (χ2n) is 13.9. The first-order valence-electron chi connectivity index (χ1n) is 17.7. The van der Waals surface area contributed by atoms with Crippen LogP contribution in [-0.2, 0) is 17.6 Å². The minimum Gasteiger partial charge on any atom is -0.504 e. The molecule has 0 aromatic heterocycles. The Kier molecular flexibility index (Phi) is 17.4. The van der Waals surface area contributed by atoms with Crippen molar-refractivity contribution in [2.75, 3.05) is 41.0 Å². The molecule has 0 aliphatic heterocycles. The fourth-order valence-corrected chi connectivity index (χ4v) is 5.13. The summed E-state index contributed by atoms with van der Waals surface area (Å²) in [6.07, 6.45) is 0.674. The Balaban J connectivity index is 0.000000300. The number of benzene rings is 4. The standard InChI is InChI=1S/C20H25ClN4O3.C20H24ClN3O4/c1-20(2,3)25-19(28)24-16-12-14(11-15(21)17(16)26)23-18(27)22-10-9-13-7-5-4-6-8-13;1-13(2)12-28-20(27)24-17-11-15(10-16(21)18(17)25)23-19(26)22-9-8-14-6-4-3-5-7-14/h4-8,11-12,26H,9-10H2,1-3H3,(H2,22,23,27)(H2,24,25,28);3-7,10-11,13,25H,8-9,12H2,1-2H3,(H,24,27)(H2,22,23,26). The predicted octanol–water partition coefficient (Wildman–Crippen LogP) is 8.94. The molecule has 7 amide bonds. The summed E-state index contributed by atoms with van der Waals surface area (Å²) in [5.41, 5.74) is 2.58. The van der Waals surface area contributed by atoms with Gasteiger partial charge in [0.2, 0.25) is 0 Å². The second-order valence-corrected chi connectivity index (χ2v) is 14.7. The van der Waals surface area contributed by atoms with E-state index < -0.39 is 29.7 Å². The minimum absolute atomic E-state index is 0.00754. The Morgan fingerprint density at radius 1 is 0.643 bits per heavy atom. The number of halogens is 2. The molecule has 0 saturated carbocycles. The van der Waals surface area contributed by atoms with Gasteiger partial charge in [-0.3, -0.25) is 5.32 Å². The van der Waals surface area contributed by atoms with Crippen LogP contribution in [0.5, 0.6) is 11.5 Å². The number of anilines is 4. The number of hydrogen-bond acceptors (Lipinski definition) is 7. The first kappa shape index (κ1) is 44.5. The third-order valence-corrected chi connectivity index (χ3v) is 7.82. The van der Waals surface area contributed by atoms with Crippen molar-refractivity contribution >= 4 is 70.1 Å². The van der Waals surface area contributed by atoms with Crippen LogP contribution in [0.25, 0.3) is 0 Å². The van der Waals surface area contributed by atoms with Crippen LogP contribution in [0.2, 0.25) is 10.0 Å². The molecule has 0 radical (unpaired) electrons. The molecule has 0 aliphatic rings. The average Bonchev–Trinajstić information content (AvgIpc) is 3.12. The molecule has 0 aliphatic carbocycles. The van der Waals surface area contributed by atoms with Gasteiger partial charge in [-0.1, -0.05) is 97.7 Å². The summed E-state index contributed by atoms with van der Waals surface area (Å²) in [5, 5.41) is 38.5. The first-order chi connectivity index (χ1) is 26.5. The van der Waals surface area contributed by atoms with E-state index in [0.717, 1.165) is 11.1 Å². The van der Waals surface area contributed by atoms with Crippen LogP contribution in [0.15, 0.2) is 84.9 Å². The van der Waals surface area contributed by atoms with Gasteiger partial charge in [0.25, 0.3) is 0 Å². The fourth-order valence-electron chi connectivity index (χ4n) is 4.70. The number of nitrogens with one attached hydrogen (secondary N) is 7. The molecule has 9 N–H and O–H groups in total. The van der Waals surface area contributed by atoms with E-state index in [-0.39, 0.29) is 45.4 Å². The van der Waals surface area contributed by atoms with Crippen molar-refractivity contribution in [1.82, 2.24) is 16.0 Å².